The molecule has 0 unspecified atom stereocenters. The standard InChI is InChI=1S/C10H20N2O/c1-7(2)12(8-3-4-8)9-5-11-6-10(9)13/h7-11,13H,3-6H2,1-2H3/t9-,10-/m1/s1. The van der Waals surface area contributed by atoms with E-state index in [1.165, 1.54) is 12.8 Å². The minimum absolute atomic E-state index is 0.164. The Kier molecular flexibility index (Phi) is 2.58. The van der Waals surface area contributed by atoms with Crippen molar-refractivity contribution in [1.29, 1.82) is 0 Å². The second kappa shape index (κ2) is 3.56. The summed E-state index contributed by atoms with van der Waals surface area (Å²) in [7, 11) is 0. The first-order valence-corrected chi connectivity index (χ1v) is 5.36. The van der Waals surface area contributed by atoms with E-state index in [0.717, 1.165) is 19.1 Å². The highest BCUT2D eigenvalue weighted by Gasteiger charge is 2.40. The summed E-state index contributed by atoms with van der Waals surface area (Å²) >= 11 is 0. The summed E-state index contributed by atoms with van der Waals surface area (Å²) in [6.07, 6.45) is 2.48. The summed E-state index contributed by atoms with van der Waals surface area (Å²) in [5.74, 6) is 0. The number of rotatable bonds is 3. The smallest absolute Gasteiger partial charge is 0.0832 e. The van der Waals surface area contributed by atoms with Gasteiger partial charge in [-0.1, -0.05) is 0 Å². The van der Waals surface area contributed by atoms with Crippen LogP contribution >= 0.6 is 0 Å². The molecule has 1 aliphatic carbocycles. The summed E-state index contributed by atoms with van der Waals surface area (Å²) < 4.78 is 0. The van der Waals surface area contributed by atoms with Crippen LogP contribution in [0.4, 0.5) is 0 Å². The van der Waals surface area contributed by atoms with Gasteiger partial charge in [-0.2, -0.15) is 0 Å². The van der Waals surface area contributed by atoms with E-state index in [1.54, 1.807) is 0 Å². The molecule has 2 aliphatic rings. The van der Waals surface area contributed by atoms with Gasteiger partial charge in [0.2, 0.25) is 0 Å². The van der Waals surface area contributed by atoms with Gasteiger partial charge >= 0.3 is 0 Å². The van der Waals surface area contributed by atoms with E-state index < -0.39 is 0 Å². The molecule has 1 saturated carbocycles. The average Bonchev–Trinajstić information content (AvgIpc) is 2.78. The van der Waals surface area contributed by atoms with E-state index >= 15 is 0 Å². The van der Waals surface area contributed by atoms with Crippen LogP contribution in [0.2, 0.25) is 0 Å². The fourth-order valence-corrected chi connectivity index (χ4v) is 2.40. The molecule has 0 aromatic rings. The Morgan fingerprint density at radius 2 is 2.00 bits per heavy atom. The van der Waals surface area contributed by atoms with Crippen molar-refractivity contribution in [2.75, 3.05) is 13.1 Å². The number of β-amino-alcohol motifs (C(OH)–C–C–N with tert-alkyl or cyclic N) is 1. The number of hydrogen-bond acceptors (Lipinski definition) is 3. The van der Waals surface area contributed by atoms with Crippen LogP contribution in [-0.2, 0) is 0 Å². The molecule has 0 aromatic carbocycles. The molecule has 2 atom stereocenters. The van der Waals surface area contributed by atoms with Gasteiger partial charge in [-0.05, 0) is 26.7 Å². The van der Waals surface area contributed by atoms with E-state index in [2.05, 4.69) is 24.1 Å². The Balaban J connectivity index is 2.01. The average molecular weight is 184 g/mol. The lowest BCUT2D eigenvalue weighted by Gasteiger charge is -2.34. The van der Waals surface area contributed by atoms with Crippen molar-refractivity contribution in [3.63, 3.8) is 0 Å². The van der Waals surface area contributed by atoms with Gasteiger partial charge in [0, 0.05) is 31.2 Å². The fraction of sp³-hybridized carbons (Fsp3) is 1.00. The second-order valence-corrected chi connectivity index (χ2v) is 4.57. The highest BCUT2D eigenvalue weighted by Crippen LogP contribution is 2.31. The molecular weight excluding hydrogens is 164 g/mol. The van der Waals surface area contributed by atoms with Crippen LogP contribution in [0.1, 0.15) is 26.7 Å². The van der Waals surface area contributed by atoms with Crippen LogP contribution in [0.5, 0.6) is 0 Å². The van der Waals surface area contributed by atoms with Gasteiger partial charge in [0.25, 0.3) is 0 Å². The normalized spacial score (nSPS) is 34.8. The van der Waals surface area contributed by atoms with Gasteiger partial charge in [0.15, 0.2) is 0 Å². The first-order chi connectivity index (χ1) is 6.20. The molecule has 0 radical (unpaired) electrons. The van der Waals surface area contributed by atoms with Gasteiger partial charge < -0.3 is 10.4 Å². The molecule has 0 aromatic heterocycles. The third-order valence-electron chi connectivity index (χ3n) is 3.10. The molecule has 0 spiro atoms. The summed E-state index contributed by atoms with van der Waals surface area (Å²) in [5.41, 5.74) is 0. The lowest BCUT2D eigenvalue weighted by atomic mass is 10.1. The van der Waals surface area contributed by atoms with E-state index in [1.807, 2.05) is 0 Å². The number of aliphatic hydroxyl groups is 1. The minimum atomic E-state index is -0.164. The van der Waals surface area contributed by atoms with Crippen LogP contribution in [0.3, 0.4) is 0 Å². The van der Waals surface area contributed by atoms with E-state index in [4.69, 9.17) is 0 Å². The fourth-order valence-electron chi connectivity index (χ4n) is 2.40. The van der Waals surface area contributed by atoms with Crippen molar-refractivity contribution in [1.82, 2.24) is 10.2 Å². The number of nitrogens with one attached hydrogen (secondary N) is 1. The van der Waals surface area contributed by atoms with Gasteiger partial charge in [-0.3, -0.25) is 4.90 Å². The van der Waals surface area contributed by atoms with Crippen LogP contribution < -0.4 is 5.32 Å². The maximum absolute atomic E-state index is 9.78. The Labute approximate surface area is 80.1 Å². The topological polar surface area (TPSA) is 35.5 Å². The summed E-state index contributed by atoms with van der Waals surface area (Å²) in [6, 6.07) is 1.67. The number of nitrogens with zero attached hydrogens (tertiary/aromatic N) is 1. The first kappa shape index (κ1) is 9.44. The van der Waals surface area contributed by atoms with Crippen molar-refractivity contribution in [2.45, 2.75) is 50.9 Å². The summed E-state index contributed by atoms with van der Waals surface area (Å²) in [4.78, 5) is 2.49. The molecule has 0 amide bonds. The SMILES string of the molecule is CC(C)N(C1CC1)[C@@H]1CNC[C@H]1O. The Morgan fingerprint density at radius 3 is 2.38 bits per heavy atom. The molecular formula is C10H20N2O. The quantitative estimate of drug-likeness (QED) is 0.657. The third kappa shape index (κ3) is 1.87. The predicted octanol–water partition coefficient (Wildman–Crippen LogP) is 0.192. The Morgan fingerprint density at radius 1 is 1.31 bits per heavy atom. The van der Waals surface area contributed by atoms with Gasteiger partial charge in [0.1, 0.15) is 0 Å². The second-order valence-electron chi connectivity index (χ2n) is 4.57. The van der Waals surface area contributed by atoms with Crippen molar-refractivity contribution in [3.05, 3.63) is 0 Å². The van der Waals surface area contributed by atoms with E-state index in [9.17, 15) is 5.11 Å². The van der Waals surface area contributed by atoms with E-state index in [0.29, 0.717) is 12.1 Å². The van der Waals surface area contributed by atoms with Crippen molar-refractivity contribution in [2.24, 2.45) is 0 Å². The van der Waals surface area contributed by atoms with Crippen LogP contribution in [-0.4, -0.2) is 47.3 Å². The van der Waals surface area contributed by atoms with Crippen molar-refractivity contribution in [3.8, 4) is 0 Å². The lowest BCUT2D eigenvalue weighted by Crippen LogP contribution is -2.48. The van der Waals surface area contributed by atoms with Crippen LogP contribution in [0, 0.1) is 0 Å². The maximum atomic E-state index is 9.78. The predicted molar refractivity (Wildman–Crippen MR) is 52.7 cm³/mol. The molecule has 1 saturated heterocycles. The summed E-state index contributed by atoms with van der Waals surface area (Å²) in [6.45, 7) is 6.17. The van der Waals surface area contributed by atoms with Gasteiger partial charge in [0.05, 0.1) is 6.10 Å². The molecule has 2 rings (SSSR count). The van der Waals surface area contributed by atoms with Gasteiger partial charge in [-0.25, -0.2) is 0 Å². The number of aliphatic hydroxyl groups excluding tert-OH is 1. The van der Waals surface area contributed by atoms with Crippen molar-refractivity contribution < 1.29 is 5.11 Å². The first-order valence-electron chi connectivity index (χ1n) is 5.36. The highest BCUT2D eigenvalue weighted by atomic mass is 16.3. The maximum Gasteiger partial charge on any atom is 0.0832 e. The molecule has 13 heavy (non-hydrogen) atoms. The van der Waals surface area contributed by atoms with Crippen molar-refractivity contribution >= 4 is 0 Å². The minimum Gasteiger partial charge on any atom is -0.390 e. The monoisotopic (exact) mass is 184 g/mol. The molecule has 0 bridgehead atoms. The summed E-state index contributed by atoms with van der Waals surface area (Å²) in [5, 5.41) is 13.0. The molecule has 1 aliphatic heterocycles. The van der Waals surface area contributed by atoms with E-state index in [-0.39, 0.29) is 6.10 Å². The zero-order valence-corrected chi connectivity index (χ0v) is 8.53. The number of hydrogen-bond donors (Lipinski definition) is 2. The van der Waals surface area contributed by atoms with Crippen LogP contribution in [0.15, 0.2) is 0 Å². The third-order valence-corrected chi connectivity index (χ3v) is 3.10. The zero-order valence-electron chi connectivity index (χ0n) is 8.53. The zero-order chi connectivity index (χ0) is 9.42. The lowest BCUT2D eigenvalue weighted by molar-refractivity contribution is 0.0574. The molecule has 1 heterocycles. The Hall–Kier alpha value is -0.120. The Bertz CT molecular complexity index is 178. The highest BCUT2D eigenvalue weighted by molar-refractivity contribution is 4.97. The molecule has 76 valence electrons. The molecule has 3 heteroatoms. The van der Waals surface area contributed by atoms with Gasteiger partial charge in [-0.15, -0.1) is 0 Å². The molecule has 2 N–H and O–H groups in total. The molecule has 2 fully saturated rings. The largest absolute Gasteiger partial charge is 0.390 e. The van der Waals surface area contributed by atoms with Crippen LogP contribution in [0.25, 0.3) is 0 Å². The molecule has 3 nitrogen and oxygen atoms in total.